The Labute approximate surface area is 112 Å². The number of halogens is 4. The Balaban J connectivity index is 2.25. The number of hydrogen-bond donors (Lipinski definition) is 1. The monoisotopic (exact) mass is 288 g/mol. The number of aliphatic hydroxyl groups excluding tert-OH is 1. The van der Waals surface area contributed by atoms with Crippen LogP contribution in [0.5, 0.6) is 0 Å². The molecule has 0 fully saturated rings. The first kappa shape index (κ1) is 14.5. The topological polar surface area (TPSA) is 38.0 Å². The molecule has 108 valence electrons. The van der Waals surface area contributed by atoms with Crippen LogP contribution in [0.15, 0.2) is 30.5 Å². The van der Waals surface area contributed by atoms with E-state index in [0.717, 1.165) is 12.1 Å². The number of aliphatic hydroxyl groups is 1. The van der Waals surface area contributed by atoms with Gasteiger partial charge in [-0.1, -0.05) is 0 Å². The Kier molecular flexibility index (Phi) is 3.80. The minimum absolute atomic E-state index is 0.0155. The molecule has 1 heterocycles. The average molecular weight is 288 g/mol. The van der Waals surface area contributed by atoms with Gasteiger partial charge in [-0.2, -0.15) is 18.3 Å². The third-order valence-corrected chi connectivity index (χ3v) is 2.80. The average Bonchev–Trinajstić information content (AvgIpc) is 2.72. The molecule has 0 saturated heterocycles. The summed E-state index contributed by atoms with van der Waals surface area (Å²) in [6.07, 6.45) is -4.24. The molecule has 0 aliphatic carbocycles. The van der Waals surface area contributed by atoms with Crippen molar-refractivity contribution < 1.29 is 22.7 Å². The Bertz CT molecular complexity index is 607. The molecule has 0 saturated carbocycles. The minimum Gasteiger partial charge on any atom is -0.388 e. The number of alkyl halides is 3. The smallest absolute Gasteiger partial charge is 0.388 e. The lowest BCUT2D eigenvalue weighted by atomic mass is 10.0. The van der Waals surface area contributed by atoms with Crippen LogP contribution in [0.2, 0.25) is 0 Å². The van der Waals surface area contributed by atoms with E-state index in [-0.39, 0.29) is 12.0 Å². The summed E-state index contributed by atoms with van der Waals surface area (Å²) in [5.74, 6) is -1.03. The van der Waals surface area contributed by atoms with Gasteiger partial charge in [0, 0.05) is 19.7 Å². The number of benzene rings is 1. The molecule has 1 aromatic carbocycles. The molecule has 0 radical (unpaired) electrons. The standard InChI is InChI=1S/C13H12F4N2O/c1-19-3-2-11(18-19)7-12(20)8-4-9(13(15,16)17)6-10(14)5-8/h2-6,12,20H,7H2,1H3. The zero-order valence-electron chi connectivity index (χ0n) is 10.5. The summed E-state index contributed by atoms with van der Waals surface area (Å²) < 4.78 is 52.5. The van der Waals surface area contributed by atoms with Gasteiger partial charge in [0.25, 0.3) is 0 Å². The molecule has 7 heteroatoms. The lowest BCUT2D eigenvalue weighted by Gasteiger charge is -2.13. The first-order valence-electron chi connectivity index (χ1n) is 5.80. The van der Waals surface area contributed by atoms with E-state index in [1.54, 1.807) is 19.3 Å². The first-order valence-corrected chi connectivity index (χ1v) is 5.80. The summed E-state index contributed by atoms with van der Waals surface area (Å²) in [6.45, 7) is 0. The maximum Gasteiger partial charge on any atom is 0.416 e. The normalized spacial score (nSPS) is 13.5. The molecule has 2 aromatic rings. The van der Waals surface area contributed by atoms with Crippen LogP contribution in [0.4, 0.5) is 17.6 Å². The molecule has 20 heavy (non-hydrogen) atoms. The highest BCUT2D eigenvalue weighted by molar-refractivity contribution is 5.29. The molecule has 1 unspecified atom stereocenters. The van der Waals surface area contributed by atoms with E-state index in [9.17, 15) is 22.7 Å². The molecule has 1 N–H and O–H groups in total. The highest BCUT2D eigenvalue weighted by atomic mass is 19.4. The van der Waals surface area contributed by atoms with Crippen LogP contribution in [-0.2, 0) is 19.6 Å². The Hall–Kier alpha value is -1.89. The molecule has 0 bridgehead atoms. The number of rotatable bonds is 3. The third kappa shape index (κ3) is 3.36. The van der Waals surface area contributed by atoms with Gasteiger partial charge in [0.2, 0.25) is 0 Å². The van der Waals surface area contributed by atoms with Crippen molar-refractivity contribution in [2.75, 3.05) is 0 Å². The van der Waals surface area contributed by atoms with Crippen molar-refractivity contribution in [3.05, 3.63) is 53.1 Å². The van der Waals surface area contributed by atoms with Crippen molar-refractivity contribution in [2.24, 2.45) is 7.05 Å². The van der Waals surface area contributed by atoms with Crippen LogP contribution in [0.25, 0.3) is 0 Å². The lowest BCUT2D eigenvalue weighted by Crippen LogP contribution is -2.09. The van der Waals surface area contributed by atoms with E-state index in [0.29, 0.717) is 11.8 Å². The Morgan fingerprint density at radius 1 is 1.30 bits per heavy atom. The lowest BCUT2D eigenvalue weighted by molar-refractivity contribution is -0.137. The van der Waals surface area contributed by atoms with Gasteiger partial charge < -0.3 is 5.11 Å². The van der Waals surface area contributed by atoms with Crippen LogP contribution in [0.1, 0.15) is 22.9 Å². The van der Waals surface area contributed by atoms with E-state index in [4.69, 9.17) is 0 Å². The molecular weight excluding hydrogens is 276 g/mol. The van der Waals surface area contributed by atoms with Gasteiger partial charge in [-0.25, -0.2) is 4.39 Å². The van der Waals surface area contributed by atoms with Crippen molar-refractivity contribution in [1.29, 1.82) is 0 Å². The Morgan fingerprint density at radius 2 is 2.00 bits per heavy atom. The summed E-state index contributed by atoms with van der Waals surface area (Å²) in [7, 11) is 1.68. The molecule has 0 aliphatic rings. The van der Waals surface area contributed by atoms with Crippen molar-refractivity contribution in [3.63, 3.8) is 0 Å². The van der Waals surface area contributed by atoms with Crippen LogP contribution in [0, 0.1) is 5.82 Å². The molecule has 1 atom stereocenters. The SMILES string of the molecule is Cn1ccc(CC(O)c2cc(F)cc(C(F)(F)F)c2)n1. The van der Waals surface area contributed by atoms with Crippen molar-refractivity contribution in [2.45, 2.75) is 18.7 Å². The summed E-state index contributed by atoms with van der Waals surface area (Å²) in [5, 5.41) is 13.9. The largest absolute Gasteiger partial charge is 0.416 e. The van der Waals surface area contributed by atoms with Gasteiger partial charge >= 0.3 is 6.18 Å². The van der Waals surface area contributed by atoms with E-state index in [1.807, 2.05) is 0 Å². The zero-order chi connectivity index (χ0) is 14.9. The van der Waals surface area contributed by atoms with Gasteiger partial charge in [0.05, 0.1) is 17.4 Å². The van der Waals surface area contributed by atoms with E-state index in [1.165, 1.54) is 4.68 Å². The molecule has 0 amide bonds. The highest BCUT2D eigenvalue weighted by Gasteiger charge is 2.32. The van der Waals surface area contributed by atoms with Gasteiger partial charge in [0.1, 0.15) is 5.82 Å². The van der Waals surface area contributed by atoms with Crippen LogP contribution < -0.4 is 0 Å². The molecule has 0 spiro atoms. The van der Waals surface area contributed by atoms with Crippen LogP contribution in [0.3, 0.4) is 0 Å². The van der Waals surface area contributed by atoms with Crippen LogP contribution >= 0.6 is 0 Å². The van der Waals surface area contributed by atoms with E-state index >= 15 is 0 Å². The molecule has 2 rings (SSSR count). The fraction of sp³-hybridized carbons (Fsp3) is 0.308. The van der Waals surface area contributed by atoms with Gasteiger partial charge in [0.15, 0.2) is 0 Å². The minimum atomic E-state index is -4.65. The predicted molar refractivity (Wildman–Crippen MR) is 63.3 cm³/mol. The number of aromatic nitrogens is 2. The molecule has 1 aromatic heterocycles. The molecule has 3 nitrogen and oxygen atoms in total. The third-order valence-electron chi connectivity index (χ3n) is 2.80. The number of hydrogen-bond acceptors (Lipinski definition) is 2. The van der Waals surface area contributed by atoms with E-state index < -0.39 is 23.7 Å². The Morgan fingerprint density at radius 3 is 2.55 bits per heavy atom. The second-order valence-corrected chi connectivity index (χ2v) is 4.47. The fourth-order valence-electron chi connectivity index (χ4n) is 1.86. The van der Waals surface area contributed by atoms with Gasteiger partial charge in [-0.05, 0) is 29.8 Å². The molecular formula is C13H12F4N2O. The first-order chi connectivity index (χ1) is 9.25. The van der Waals surface area contributed by atoms with Crippen molar-refractivity contribution in [1.82, 2.24) is 9.78 Å². The summed E-state index contributed by atoms with van der Waals surface area (Å²) >= 11 is 0. The zero-order valence-corrected chi connectivity index (χ0v) is 10.5. The second-order valence-electron chi connectivity index (χ2n) is 4.47. The van der Waals surface area contributed by atoms with Crippen molar-refractivity contribution >= 4 is 0 Å². The van der Waals surface area contributed by atoms with Crippen molar-refractivity contribution in [3.8, 4) is 0 Å². The maximum absolute atomic E-state index is 13.2. The number of aryl methyl sites for hydroxylation is 1. The van der Waals surface area contributed by atoms with E-state index in [2.05, 4.69) is 5.10 Å². The fourth-order valence-corrected chi connectivity index (χ4v) is 1.86. The summed E-state index contributed by atoms with van der Waals surface area (Å²) in [5.41, 5.74) is -0.728. The molecule has 0 aliphatic heterocycles. The highest BCUT2D eigenvalue weighted by Crippen LogP contribution is 2.32. The summed E-state index contributed by atoms with van der Waals surface area (Å²) in [6, 6.07) is 3.67. The quantitative estimate of drug-likeness (QED) is 0.882. The van der Waals surface area contributed by atoms with Gasteiger partial charge in [-0.3, -0.25) is 4.68 Å². The van der Waals surface area contributed by atoms with Crippen LogP contribution in [-0.4, -0.2) is 14.9 Å². The van der Waals surface area contributed by atoms with Gasteiger partial charge in [-0.15, -0.1) is 0 Å². The maximum atomic E-state index is 13.2. The second kappa shape index (κ2) is 5.24. The predicted octanol–water partition coefficient (Wildman–Crippen LogP) is 2.85. The summed E-state index contributed by atoms with van der Waals surface area (Å²) in [4.78, 5) is 0. The number of nitrogens with zero attached hydrogens (tertiary/aromatic N) is 2.